The summed E-state index contributed by atoms with van der Waals surface area (Å²) in [7, 11) is -1.91. The van der Waals surface area contributed by atoms with Gasteiger partial charge in [0.05, 0.1) is 11.4 Å². The zero-order valence-corrected chi connectivity index (χ0v) is 12.5. The number of benzene rings is 1. The molecule has 7 heteroatoms. The van der Waals surface area contributed by atoms with Crippen molar-refractivity contribution in [2.75, 3.05) is 11.8 Å². The first-order valence-electron chi connectivity index (χ1n) is 6.22. The highest BCUT2D eigenvalue weighted by Crippen LogP contribution is 2.21. The number of hydrogen-bond acceptors (Lipinski definition) is 4. The summed E-state index contributed by atoms with van der Waals surface area (Å²) in [5, 5.41) is 9.65. The maximum atomic E-state index is 12.5. The van der Waals surface area contributed by atoms with Crippen molar-refractivity contribution < 1.29 is 8.42 Å². The van der Waals surface area contributed by atoms with Gasteiger partial charge in [0.15, 0.2) is 0 Å². The Morgan fingerprint density at radius 3 is 2.70 bits per heavy atom. The molecule has 0 aliphatic rings. The molecule has 0 fully saturated rings. The highest BCUT2D eigenvalue weighted by atomic mass is 32.2. The molecule has 0 amide bonds. The van der Waals surface area contributed by atoms with Gasteiger partial charge in [0.2, 0.25) is 0 Å². The van der Waals surface area contributed by atoms with Crippen LogP contribution in [0.4, 0.5) is 5.69 Å². The van der Waals surface area contributed by atoms with E-state index in [-0.39, 0.29) is 4.90 Å². The Hall–Kier alpha value is -1.86. The maximum Gasteiger partial charge on any atom is 0.265 e. The minimum Gasteiger partial charge on any atom is -0.314 e. The summed E-state index contributed by atoms with van der Waals surface area (Å²) in [6, 6.07) is 7.22. The van der Waals surface area contributed by atoms with Crippen molar-refractivity contribution >= 4 is 15.7 Å². The molecule has 0 saturated carbocycles. The van der Waals surface area contributed by atoms with Crippen LogP contribution < -0.4 is 10.0 Å². The molecular formula is C13H18N4O2S. The number of sulfonamides is 1. The lowest BCUT2D eigenvalue weighted by Crippen LogP contribution is -2.17. The molecule has 108 valence electrons. The van der Waals surface area contributed by atoms with Crippen molar-refractivity contribution in [3.8, 4) is 0 Å². The van der Waals surface area contributed by atoms with Gasteiger partial charge < -0.3 is 5.32 Å². The summed E-state index contributed by atoms with van der Waals surface area (Å²) >= 11 is 0. The Balaban J connectivity index is 2.38. The fraction of sp³-hybridized carbons (Fsp3) is 0.308. The normalized spacial score (nSPS) is 11.6. The first-order valence-corrected chi connectivity index (χ1v) is 7.70. The van der Waals surface area contributed by atoms with Gasteiger partial charge in [-0.3, -0.25) is 9.82 Å². The third-order valence-corrected chi connectivity index (χ3v) is 4.43. The monoisotopic (exact) mass is 294 g/mol. The Kier molecular flexibility index (Phi) is 4.10. The Morgan fingerprint density at radius 1 is 1.30 bits per heavy atom. The summed E-state index contributed by atoms with van der Waals surface area (Å²) in [4.78, 5) is 0.202. The molecule has 0 spiro atoms. The summed E-state index contributed by atoms with van der Waals surface area (Å²) in [6.07, 6.45) is 0. The lowest BCUT2D eigenvalue weighted by atomic mass is 10.2. The van der Waals surface area contributed by atoms with E-state index in [0.29, 0.717) is 23.6 Å². The zero-order chi connectivity index (χ0) is 14.8. The Labute approximate surface area is 118 Å². The topological polar surface area (TPSA) is 86.9 Å². The third-order valence-electron chi connectivity index (χ3n) is 2.84. The van der Waals surface area contributed by atoms with Crippen LogP contribution in [-0.2, 0) is 16.6 Å². The van der Waals surface area contributed by atoms with E-state index in [4.69, 9.17) is 0 Å². The second-order valence-electron chi connectivity index (χ2n) is 4.63. The van der Waals surface area contributed by atoms with Gasteiger partial charge in [0, 0.05) is 12.2 Å². The summed E-state index contributed by atoms with van der Waals surface area (Å²) in [5.74, 6) is 0. The standard InChI is InChI=1S/C13H18N4O2S/c1-9-5-4-6-11(7-9)17-20(18,19)13-10(2)15-16-12(13)8-14-3/h4-7,14,17H,8H2,1-3H3,(H,15,16). The predicted molar refractivity (Wildman–Crippen MR) is 78.1 cm³/mol. The van der Waals surface area contributed by atoms with Crippen LogP contribution in [0.1, 0.15) is 17.0 Å². The molecule has 1 aromatic carbocycles. The number of anilines is 1. The van der Waals surface area contributed by atoms with Crippen LogP contribution in [0.2, 0.25) is 0 Å². The van der Waals surface area contributed by atoms with Gasteiger partial charge in [-0.25, -0.2) is 8.42 Å². The molecule has 20 heavy (non-hydrogen) atoms. The molecule has 0 aliphatic carbocycles. The number of nitrogens with zero attached hydrogens (tertiary/aromatic N) is 1. The van der Waals surface area contributed by atoms with Crippen LogP contribution in [0, 0.1) is 13.8 Å². The van der Waals surface area contributed by atoms with Crippen LogP contribution in [0.15, 0.2) is 29.2 Å². The number of aromatic amines is 1. The first-order chi connectivity index (χ1) is 9.44. The molecule has 2 rings (SSSR count). The molecule has 0 radical (unpaired) electrons. The molecule has 1 aromatic heterocycles. The van der Waals surface area contributed by atoms with Crippen LogP contribution in [0.25, 0.3) is 0 Å². The largest absolute Gasteiger partial charge is 0.314 e. The van der Waals surface area contributed by atoms with E-state index in [2.05, 4.69) is 20.2 Å². The van der Waals surface area contributed by atoms with E-state index >= 15 is 0 Å². The lowest BCUT2D eigenvalue weighted by Gasteiger charge is -2.09. The second kappa shape index (κ2) is 5.64. The minimum absolute atomic E-state index is 0.202. The van der Waals surface area contributed by atoms with Gasteiger partial charge in [0.25, 0.3) is 10.0 Å². The fourth-order valence-electron chi connectivity index (χ4n) is 2.03. The fourth-order valence-corrected chi connectivity index (χ4v) is 3.44. The van der Waals surface area contributed by atoms with Gasteiger partial charge in [-0.1, -0.05) is 12.1 Å². The van der Waals surface area contributed by atoms with E-state index in [1.165, 1.54) is 0 Å². The van der Waals surface area contributed by atoms with Gasteiger partial charge in [-0.2, -0.15) is 5.10 Å². The summed E-state index contributed by atoms with van der Waals surface area (Å²) < 4.78 is 27.6. The second-order valence-corrected chi connectivity index (χ2v) is 6.25. The average molecular weight is 294 g/mol. The number of hydrogen-bond donors (Lipinski definition) is 3. The minimum atomic E-state index is -3.65. The van der Waals surface area contributed by atoms with Gasteiger partial charge in [0.1, 0.15) is 4.90 Å². The highest BCUT2D eigenvalue weighted by molar-refractivity contribution is 7.92. The summed E-state index contributed by atoms with van der Waals surface area (Å²) in [6.45, 7) is 3.98. The molecule has 6 nitrogen and oxygen atoms in total. The van der Waals surface area contributed by atoms with Crippen molar-refractivity contribution in [1.82, 2.24) is 15.5 Å². The molecule has 0 atom stereocenters. The zero-order valence-electron chi connectivity index (χ0n) is 11.7. The van der Waals surface area contributed by atoms with Crippen molar-refractivity contribution in [3.63, 3.8) is 0 Å². The third kappa shape index (κ3) is 3.00. The smallest absolute Gasteiger partial charge is 0.265 e. The maximum absolute atomic E-state index is 12.5. The number of H-pyrrole nitrogens is 1. The molecule has 2 aromatic rings. The first kappa shape index (κ1) is 14.5. The van der Waals surface area contributed by atoms with E-state index < -0.39 is 10.0 Å². The Bertz CT molecular complexity index is 707. The summed E-state index contributed by atoms with van der Waals surface area (Å²) in [5.41, 5.74) is 2.53. The quantitative estimate of drug-likeness (QED) is 0.781. The number of nitrogens with one attached hydrogen (secondary N) is 3. The van der Waals surface area contributed by atoms with E-state index in [9.17, 15) is 8.42 Å². The number of aryl methyl sites for hydroxylation is 2. The average Bonchev–Trinajstić information content (AvgIpc) is 2.71. The van der Waals surface area contributed by atoms with E-state index in [1.54, 1.807) is 26.1 Å². The van der Waals surface area contributed by atoms with Gasteiger partial charge >= 0.3 is 0 Å². The van der Waals surface area contributed by atoms with Crippen molar-refractivity contribution in [2.45, 2.75) is 25.3 Å². The molecular weight excluding hydrogens is 276 g/mol. The SMILES string of the molecule is CNCc1n[nH]c(C)c1S(=O)(=O)Nc1cccc(C)c1. The van der Waals surface area contributed by atoms with Gasteiger partial charge in [-0.05, 0) is 38.6 Å². The van der Waals surface area contributed by atoms with Gasteiger partial charge in [-0.15, -0.1) is 0 Å². The van der Waals surface area contributed by atoms with Crippen molar-refractivity contribution in [2.24, 2.45) is 0 Å². The van der Waals surface area contributed by atoms with E-state index in [1.807, 2.05) is 19.1 Å². The molecule has 0 bridgehead atoms. The molecule has 3 N–H and O–H groups in total. The molecule has 0 aliphatic heterocycles. The van der Waals surface area contributed by atoms with Crippen LogP contribution >= 0.6 is 0 Å². The molecule has 0 saturated heterocycles. The van der Waals surface area contributed by atoms with Crippen LogP contribution in [0.3, 0.4) is 0 Å². The number of rotatable bonds is 5. The van der Waals surface area contributed by atoms with E-state index in [0.717, 1.165) is 5.56 Å². The number of aromatic nitrogens is 2. The van der Waals surface area contributed by atoms with Crippen LogP contribution in [-0.4, -0.2) is 25.7 Å². The molecule has 1 heterocycles. The molecule has 0 unspecified atom stereocenters. The Morgan fingerprint density at radius 2 is 2.05 bits per heavy atom. The van der Waals surface area contributed by atoms with Crippen molar-refractivity contribution in [3.05, 3.63) is 41.2 Å². The van der Waals surface area contributed by atoms with Crippen LogP contribution in [0.5, 0.6) is 0 Å². The lowest BCUT2D eigenvalue weighted by molar-refractivity contribution is 0.598. The van der Waals surface area contributed by atoms with Crippen molar-refractivity contribution in [1.29, 1.82) is 0 Å². The predicted octanol–water partition coefficient (Wildman–Crippen LogP) is 1.55. The highest BCUT2D eigenvalue weighted by Gasteiger charge is 2.24.